The quantitative estimate of drug-likeness (QED) is 0.647. The Balaban J connectivity index is 1.92. The molecule has 0 aliphatic heterocycles. The molecule has 0 radical (unpaired) electrons. The summed E-state index contributed by atoms with van der Waals surface area (Å²) in [7, 11) is 0. The highest BCUT2D eigenvalue weighted by molar-refractivity contribution is 7.17. The number of hydrogen-bond acceptors (Lipinski definition) is 2. The fourth-order valence-corrected chi connectivity index (χ4v) is 4.14. The normalized spacial score (nSPS) is 14.2. The zero-order valence-corrected chi connectivity index (χ0v) is 12.0. The van der Waals surface area contributed by atoms with Crippen molar-refractivity contribution in [3.63, 3.8) is 0 Å². The van der Waals surface area contributed by atoms with Gasteiger partial charge in [-0.3, -0.25) is 4.40 Å². The van der Waals surface area contributed by atoms with Gasteiger partial charge in [-0.05, 0) is 44.7 Å². The molecular formula is C16H16N2S. The number of rotatable bonds is 1. The molecule has 0 amide bonds. The monoisotopic (exact) mass is 268 g/mol. The van der Waals surface area contributed by atoms with Gasteiger partial charge in [-0.15, -0.1) is 11.3 Å². The number of aromatic nitrogens is 2. The van der Waals surface area contributed by atoms with E-state index in [0.29, 0.717) is 0 Å². The van der Waals surface area contributed by atoms with Crippen molar-refractivity contribution in [1.82, 2.24) is 9.38 Å². The Bertz CT molecular complexity index is 779. The Labute approximate surface area is 116 Å². The largest absolute Gasteiger partial charge is 0.294 e. The zero-order chi connectivity index (χ0) is 13.0. The number of imidazole rings is 1. The average molecular weight is 268 g/mol. The molecule has 4 rings (SSSR count). The molecule has 2 nitrogen and oxygen atoms in total. The van der Waals surface area contributed by atoms with Gasteiger partial charge in [0, 0.05) is 22.3 Å². The third-order valence-electron chi connectivity index (χ3n) is 3.99. The molecule has 0 bridgehead atoms. The summed E-state index contributed by atoms with van der Waals surface area (Å²) in [5.41, 5.74) is 6.46. The van der Waals surface area contributed by atoms with Gasteiger partial charge in [-0.25, -0.2) is 4.98 Å². The Hall–Kier alpha value is -1.61. The molecule has 3 heteroatoms. The predicted molar refractivity (Wildman–Crippen MR) is 80.0 cm³/mol. The standard InChI is InChI=1S/C16H16N2S/c1-10-6-7-11(2)12(8-10)13-9-18-14-4-3-5-15(14)19-16(18)17-13/h6-9H,3-5H2,1-2H3. The van der Waals surface area contributed by atoms with Crippen LogP contribution in [0.15, 0.2) is 24.4 Å². The van der Waals surface area contributed by atoms with E-state index in [1.807, 2.05) is 11.3 Å². The summed E-state index contributed by atoms with van der Waals surface area (Å²) in [5.74, 6) is 0. The number of fused-ring (bicyclic) bond motifs is 3. The second-order valence-corrected chi connectivity index (χ2v) is 6.48. The van der Waals surface area contributed by atoms with Gasteiger partial charge in [0.2, 0.25) is 0 Å². The van der Waals surface area contributed by atoms with Gasteiger partial charge in [0.05, 0.1) is 5.69 Å². The van der Waals surface area contributed by atoms with E-state index in [-0.39, 0.29) is 0 Å². The van der Waals surface area contributed by atoms with Gasteiger partial charge >= 0.3 is 0 Å². The highest BCUT2D eigenvalue weighted by atomic mass is 32.1. The first kappa shape index (κ1) is 11.2. The molecule has 1 aromatic carbocycles. The van der Waals surface area contributed by atoms with Gasteiger partial charge in [0.15, 0.2) is 4.96 Å². The van der Waals surface area contributed by atoms with Crippen molar-refractivity contribution in [3.8, 4) is 11.3 Å². The van der Waals surface area contributed by atoms with Crippen LogP contribution < -0.4 is 0 Å². The molecule has 3 aromatic rings. The lowest BCUT2D eigenvalue weighted by Gasteiger charge is -2.03. The molecule has 1 aliphatic carbocycles. The van der Waals surface area contributed by atoms with Crippen LogP contribution in [0, 0.1) is 13.8 Å². The van der Waals surface area contributed by atoms with Crippen LogP contribution in [-0.4, -0.2) is 9.38 Å². The molecule has 0 atom stereocenters. The summed E-state index contributed by atoms with van der Waals surface area (Å²) < 4.78 is 2.31. The Morgan fingerprint density at radius 3 is 3.00 bits per heavy atom. The summed E-state index contributed by atoms with van der Waals surface area (Å²) in [5, 5.41) is 0. The maximum Gasteiger partial charge on any atom is 0.194 e. The first-order chi connectivity index (χ1) is 9.22. The topological polar surface area (TPSA) is 17.3 Å². The van der Waals surface area contributed by atoms with Gasteiger partial charge in [-0.2, -0.15) is 0 Å². The van der Waals surface area contributed by atoms with Crippen molar-refractivity contribution >= 4 is 16.3 Å². The first-order valence-electron chi connectivity index (χ1n) is 6.79. The van der Waals surface area contributed by atoms with Crippen LogP contribution in [0.2, 0.25) is 0 Å². The van der Waals surface area contributed by atoms with Crippen LogP contribution in [0.5, 0.6) is 0 Å². The summed E-state index contributed by atoms with van der Waals surface area (Å²) in [6.45, 7) is 4.30. The zero-order valence-electron chi connectivity index (χ0n) is 11.2. The van der Waals surface area contributed by atoms with Gasteiger partial charge in [0.1, 0.15) is 0 Å². The van der Waals surface area contributed by atoms with Crippen LogP contribution in [0.4, 0.5) is 0 Å². The molecule has 2 aromatic heterocycles. The van der Waals surface area contributed by atoms with E-state index in [1.54, 1.807) is 0 Å². The van der Waals surface area contributed by atoms with Crippen LogP contribution >= 0.6 is 11.3 Å². The minimum Gasteiger partial charge on any atom is -0.294 e. The minimum absolute atomic E-state index is 1.11. The summed E-state index contributed by atoms with van der Waals surface area (Å²) in [6, 6.07) is 6.58. The lowest BCUT2D eigenvalue weighted by molar-refractivity contribution is 0.888. The highest BCUT2D eigenvalue weighted by Crippen LogP contribution is 2.33. The molecule has 1 aliphatic rings. The predicted octanol–water partition coefficient (Wildman–Crippen LogP) is 4.17. The third-order valence-corrected chi connectivity index (χ3v) is 5.14. The van der Waals surface area contributed by atoms with Crippen molar-refractivity contribution in [1.29, 1.82) is 0 Å². The first-order valence-corrected chi connectivity index (χ1v) is 7.61. The SMILES string of the molecule is Cc1ccc(C)c(-c2cn3c4c(sc3n2)CCC4)c1. The third kappa shape index (κ3) is 1.65. The van der Waals surface area contributed by atoms with Gasteiger partial charge < -0.3 is 0 Å². The Kier molecular flexibility index (Phi) is 2.33. The maximum absolute atomic E-state index is 4.83. The van der Waals surface area contributed by atoms with E-state index < -0.39 is 0 Å². The Morgan fingerprint density at radius 2 is 2.11 bits per heavy atom. The van der Waals surface area contributed by atoms with E-state index in [0.717, 1.165) is 10.7 Å². The van der Waals surface area contributed by atoms with E-state index in [4.69, 9.17) is 4.98 Å². The minimum atomic E-state index is 1.11. The molecule has 96 valence electrons. The molecule has 2 heterocycles. The van der Waals surface area contributed by atoms with Gasteiger partial charge in [0.25, 0.3) is 0 Å². The number of thiazole rings is 1. The number of nitrogens with zero attached hydrogens (tertiary/aromatic N) is 2. The van der Waals surface area contributed by atoms with Crippen LogP contribution in [0.25, 0.3) is 16.2 Å². The molecule has 0 saturated heterocycles. The molecular weight excluding hydrogens is 252 g/mol. The lowest BCUT2D eigenvalue weighted by Crippen LogP contribution is -1.86. The number of benzene rings is 1. The second kappa shape index (κ2) is 3.94. The van der Waals surface area contributed by atoms with E-state index in [2.05, 4.69) is 42.6 Å². The summed E-state index contributed by atoms with van der Waals surface area (Å²) >= 11 is 1.86. The van der Waals surface area contributed by atoms with E-state index in [9.17, 15) is 0 Å². The van der Waals surface area contributed by atoms with Crippen molar-refractivity contribution < 1.29 is 0 Å². The average Bonchev–Trinajstić information content (AvgIpc) is 3.03. The van der Waals surface area contributed by atoms with Crippen molar-refractivity contribution in [3.05, 3.63) is 46.1 Å². The van der Waals surface area contributed by atoms with Crippen molar-refractivity contribution in [2.75, 3.05) is 0 Å². The fourth-order valence-electron chi connectivity index (χ4n) is 2.95. The molecule has 0 spiro atoms. The van der Waals surface area contributed by atoms with E-state index in [1.165, 1.54) is 46.5 Å². The molecule has 0 fully saturated rings. The van der Waals surface area contributed by atoms with E-state index >= 15 is 0 Å². The number of aryl methyl sites for hydroxylation is 4. The van der Waals surface area contributed by atoms with Crippen molar-refractivity contribution in [2.45, 2.75) is 33.1 Å². The van der Waals surface area contributed by atoms with Gasteiger partial charge in [-0.1, -0.05) is 17.7 Å². The summed E-state index contributed by atoms with van der Waals surface area (Å²) in [6.07, 6.45) is 5.96. The smallest absolute Gasteiger partial charge is 0.194 e. The molecule has 0 N–H and O–H groups in total. The number of hydrogen-bond donors (Lipinski definition) is 0. The van der Waals surface area contributed by atoms with Crippen LogP contribution in [0.1, 0.15) is 28.1 Å². The summed E-state index contributed by atoms with van der Waals surface area (Å²) in [4.78, 5) is 7.52. The molecule has 19 heavy (non-hydrogen) atoms. The maximum atomic E-state index is 4.83. The van der Waals surface area contributed by atoms with Crippen LogP contribution in [0.3, 0.4) is 0 Å². The Morgan fingerprint density at radius 1 is 1.21 bits per heavy atom. The lowest BCUT2D eigenvalue weighted by atomic mass is 10.0. The fraction of sp³-hybridized carbons (Fsp3) is 0.312. The molecule has 0 unspecified atom stereocenters. The highest BCUT2D eigenvalue weighted by Gasteiger charge is 2.19. The van der Waals surface area contributed by atoms with Crippen molar-refractivity contribution in [2.24, 2.45) is 0 Å². The second-order valence-electron chi connectivity index (χ2n) is 5.42. The van der Waals surface area contributed by atoms with Crippen LogP contribution in [-0.2, 0) is 12.8 Å². The molecule has 0 saturated carbocycles.